The summed E-state index contributed by atoms with van der Waals surface area (Å²) < 4.78 is 40.7. The molecule has 8 heteroatoms. The summed E-state index contributed by atoms with van der Waals surface area (Å²) >= 11 is 0.969. The second-order valence-corrected chi connectivity index (χ2v) is 7.09. The van der Waals surface area contributed by atoms with Crippen molar-refractivity contribution in [1.82, 2.24) is 10.3 Å². The molecule has 1 aliphatic rings. The maximum absolute atomic E-state index is 13.5. The second-order valence-electron chi connectivity index (χ2n) is 5.86. The van der Waals surface area contributed by atoms with Gasteiger partial charge in [-0.25, -0.2) is 4.98 Å². The van der Waals surface area contributed by atoms with Crippen LogP contribution in [-0.4, -0.2) is 31.0 Å². The van der Waals surface area contributed by atoms with Crippen LogP contribution in [0.3, 0.4) is 0 Å². The third-order valence-electron chi connectivity index (χ3n) is 4.24. The Bertz CT molecular complexity index is 779. The molecule has 0 saturated carbocycles. The van der Waals surface area contributed by atoms with E-state index in [1.165, 1.54) is 7.05 Å². The number of alkyl halides is 3. The maximum Gasteiger partial charge on any atom is 0.417 e. The normalized spacial score (nSPS) is 15.8. The van der Waals surface area contributed by atoms with Crippen LogP contribution in [0.15, 0.2) is 6.07 Å². The standard InChI is InChI=1S/C16H18F3N3OS/c1-9-12(15(23)20-2)13-14(24-9)10(16(17,18)19)8-11(21-13)22-6-4-3-5-7-22/h8H,3-7H2,1-2H3,(H,20,23). The van der Waals surface area contributed by atoms with E-state index in [9.17, 15) is 18.0 Å². The fourth-order valence-corrected chi connectivity index (χ4v) is 4.18. The zero-order valence-corrected chi connectivity index (χ0v) is 14.3. The summed E-state index contributed by atoms with van der Waals surface area (Å²) in [5.74, 6) is -0.104. The number of halogens is 3. The maximum atomic E-state index is 13.5. The van der Waals surface area contributed by atoms with Gasteiger partial charge in [0.1, 0.15) is 5.82 Å². The third-order valence-corrected chi connectivity index (χ3v) is 5.37. The first-order chi connectivity index (χ1) is 11.3. The Morgan fingerprint density at radius 2 is 1.96 bits per heavy atom. The number of hydrogen-bond acceptors (Lipinski definition) is 4. The molecule has 1 fully saturated rings. The highest BCUT2D eigenvalue weighted by Crippen LogP contribution is 2.42. The molecule has 0 spiro atoms. The van der Waals surface area contributed by atoms with Gasteiger partial charge in [-0.1, -0.05) is 0 Å². The van der Waals surface area contributed by atoms with Crippen LogP contribution >= 0.6 is 11.3 Å². The van der Waals surface area contributed by atoms with Crippen molar-refractivity contribution in [2.45, 2.75) is 32.4 Å². The number of aryl methyl sites for hydroxylation is 1. The Morgan fingerprint density at radius 1 is 1.29 bits per heavy atom. The van der Waals surface area contributed by atoms with Crippen LogP contribution in [-0.2, 0) is 6.18 Å². The van der Waals surface area contributed by atoms with Gasteiger partial charge in [0.05, 0.1) is 21.3 Å². The fraction of sp³-hybridized carbons (Fsp3) is 0.500. The molecule has 1 aliphatic heterocycles. The number of nitrogens with one attached hydrogen (secondary N) is 1. The van der Waals surface area contributed by atoms with Crippen LogP contribution in [0, 0.1) is 6.92 Å². The first kappa shape index (κ1) is 17.0. The van der Waals surface area contributed by atoms with Gasteiger partial charge in [-0.2, -0.15) is 13.2 Å². The zero-order chi connectivity index (χ0) is 17.5. The van der Waals surface area contributed by atoms with Gasteiger partial charge >= 0.3 is 6.18 Å². The molecule has 4 nitrogen and oxygen atoms in total. The molecule has 0 aromatic carbocycles. The van der Waals surface area contributed by atoms with Crippen molar-refractivity contribution >= 4 is 33.3 Å². The van der Waals surface area contributed by atoms with Gasteiger partial charge < -0.3 is 10.2 Å². The summed E-state index contributed by atoms with van der Waals surface area (Å²) in [5.41, 5.74) is -0.328. The largest absolute Gasteiger partial charge is 0.417 e. The van der Waals surface area contributed by atoms with E-state index in [1.807, 2.05) is 4.90 Å². The number of piperidine rings is 1. The lowest BCUT2D eigenvalue weighted by molar-refractivity contribution is -0.136. The fourth-order valence-electron chi connectivity index (χ4n) is 3.05. The lowest BCUT2D eigenvalue weighted by Crippen LogP contribution is -2.30. The number of nitrogens with zero attached hydrogens (tertiary/aromatic N) is 2. The first-order valence-corrected chi connectivity index (χ1v) is 8.63. The van der Waals surface area contributed by atoms with Crippen LogP contribution < -0.4 is 10.2 Å². The lowest BCUT2D eigenvalue weighted by Gasteiger charge is -2.28. The number of aromatic nitrogens is 1. The highest BCUT2D eigenvalue weighted by molar-refractivity contribution is 7.19. The van der Waals surface area contributed by atoms with Gasteiger partial charge in [0.2, 0.25) is 0 Å². The monoisotopic (exact) mass is 357 g/mol. The Kier molecular flexibility index (Phi) is 4.42. The predicted octanol–water partition coefficient (Wildman–Crippen LogP) is 3.97. The summed E-state index contributed by atoms with van der Waals surface area (Å²) in [5, 5.41) is 2.49. The van der Waals surface area contributed by atoms with Crippen LogP contribution in [0.1, 0.15) is 40.1 Å². The number of anilines is 1. The van der Waals surface area contributed by atoms with Gasteiger partial charge in [0, 0.05) is 25.0 Å². The summed E-state index contributed by atoms with van der Waals surface area (Å²) in [4.78, 5) is 19.0. The second kappa shape index (κ2) is 6.23. The molecule has 0 bridgehead atoms. The van der Waals surface area contributed by atoms with Gasteiger partial charge in [0.15, 0.2) is 0 Å². The van der Waals surface area contributed by atoms with Crippen molar-refractivity contribution < 1.29 is 18.0 Å². The third kappa shape index (κ3) is 2.94. The van der Waals surface area contributed by atoms with E-state index in [1.54, 1.807) is 6.92 Å². The van der Waals surface area contributed by atoms with Crippen molar-refractivity contribution in [1.29, 1.82) is 0 Å². The molecule has 0 unspecified atom stereocenters. The SMILES string of the molecule is CNC(=O)c1c(C)sc2c(C(F)(F)F)cc(N3CCCCC3)nc12. The van der Waals surface area contributed by atoms with Gasteiger partial charge in [0.25, 0.3) is 5.91 Å². The minimum absolute atomic E-state index is 0.0272. The van der Waals surface area contributed by atoms with Gasteiger partial charge in [-0.05, 0) is 32.3 Å². The molecule has 3 rings (SSSR count). The number of rotatable bonds is 2. The molecule has 2 aromatic rings. The molecule has 1 saturated heterocycles. The number of pyridine rings is 1. The first-order valence-electron chi connectivity index (χ1n) is 7.81. The van der Waals surface area contributed by atoms with E-state index in [4.69, 9.17) is 0 Å². The minimum Gasteiger partial charge on any atom is -0.357 e. The summed E-state index contributed by atoms with van der Waals surface area (Å²) in [6.07, 6.45) is -1.53. The van der Waals surface area contributed by atoms with Crippen LogP contribution in [0.25, 0.3) is 10.2 Å². The molecule has 1 N–H and O–H groups in total. The van der Waals surface area contributed by atoms with Crippen LogP contribution in [0.2, 0.25) is 0 Å². The molecule has 24 heavy (non-hydrogen) atoms. The number of thiophene rings is 1. The topological polar surface area (TPSA) is 45.2 Å². The average molecular weight is 357 g/mol. The molecule has 1 amide bonds. The van der Waals surface area contributed by atoms with E-state index in [-0.39, 0.29) is 15.8 Å². The average Bonchev–Trinajstić information content (AvgIpc) is 2.88. The number of carbonyl (C=O) groups is 1. The zero-order valence-electron chi connectivity index (χ0n) is 13.5. The summed E-state index contributed by atoms with van der Waals surface area (Å²) in [6.45, 7) is 3.03. The molecule has 130 valence electrons. The van der Waals surface area contributed by atoms with E-state index in [0.717, 1.165) is 36.7 Å². The van der Waals surface area contributed by atoms with E-state index >= 15 is 0 Å². The van der Waals surface area contributed by atoms with Gasteiger partial charge in [-0.15, -0.1) is 11.3 Å². The lowest BCUT2D eigenvalue weighted by atomic mass is 10.1. The van der Waals surface area contributed by atoms with Crippen molar-refractivity contribution in [3.8, 4) is 0 Å². The van der Waals surface area contributed by atoms with Gasteiger partial charge in [-0.3, -0.25) is 4.79 Å². The highest BCUT2D eigenvalue weighted by Gasteiger charge is 2.36. The number of hydrogen-bond donors (Lipinski definition) is 1. The highest BCUT2D eigenvalue weighted by atomic mass is 32.1. The minimum atomic E-state index is -4.48. The Hall–Kier alpha value is -1.83. The van der Waals surface area contributed by atoms with Crippen LogP contribution in [0.4, 0.5) is 19.0 Å². The molecular weight excluding hydrogens is 339 g/mol. The Morgan fingerprint density at radius 3 is 2.54 bits per heavy atom. The van der Waals surface area contributed by atoms with E-state index in [0.29, 0.717) is 23.8 Å². The van der Waals surface area contributed by atoms with Crippen molar-refractivity contribution in [3.05, 3.63) is 22.1 Å². The summed E-state index contributed by atoms with van der Waals surface area (Å²) in [6, 6.07) is 1.12. The van der Waals surface area contributed by atoms with E-state index in [2.05, 4.69) is 10.3 Å². The molecule has 2 aromatic heterocycles. The number of amides is 1. The van der Waals surface area contributed by atoms with Crippen molar-refractivity contribution in [2.75, 3.05) is 25.0 Å². The number of carbonyl (C=O) groups excluding carboxylic acids is 1. The Labute approximate surface area is 141 Å². The Balaban J connectivity index is 2.25. The smallest absolute Gasteiger partial charge is 0.357 e. The van der Waals surface area contributed by atoms with E-state index < -0.39 is 17.6 Å². The molecule has 3 heterocycles. The molecule has 0 atom stereocenters. The molecule has 0 radical (unpaired) electrons. The predicted molar refractivity (Wildman–Crippen MR) is 88.8 cm³/mol. The van der Waals surface area contributed by atoms with Crippen molar-refractivity contribution in [3.63, 3.8) is 0 Å². The van der Waals surface area contributed by atoms with Crippen molar-refractivity contribution in [2.24, 2.45) is 0 Å². The number of fused-ring (bicyclic) bond motifs is 1. The quantitative estimate of drug-likeness (QED) is 0.884. The molecule has 0 aliphatic carbocycles. The molecular formula is C16H18F3N3OS. The summed E-state index contributed by atoms with van der Waals surface area (Å²) in [7, 11) is 1.46. The van der Waals surface area contributed by atoms with Crippen LogP contribution in [0.5, 0.6) is 0 Å².